The summed E-state index contributed by atoms with van der Waals surface area (Å²) in [6.45, 7) is 3.79. The van der Waals surface area contributed by atoms with Gasteiger partial charge in [0.2, 0.25) is 0 Å². The Hall–Kier alpha value is -1.06. The van der Waals surface area contributed by atoms with Gasteiger partial charge in [0, 0.05) is 18.0 Å². The highest BCUT2D eigenvalue weighted by atomic mass is 19.1. The third-order valence-electron chi connectivity index (χ3n) is 3.01. The van der Waals surface area contributed by atoms with Crippen molar-refractivity contribution in [3.63, 3.8) is 0 Å². The number of halogens is 1. The Labute approximate surface area is 76.7 Å². The van der Waals surface area contributed by atoms with Gasteiger partial charge >= 0.3 is 0 Å². The van der Waals surface area contributed by atoms with Crippen LogP contribution in [0, 0.1) is 6.92 Å². The Bertz CT molecular complexity index is 358. The van der Waals surface area contributed by atoms with E-state index < -0.39 is 6.17 Å². The number of alkyl halides is 1. The van der Waals surface area contributed by atoms with Crippen molar-refractivity contribution in [3.05, 3.63) is 11.3 Å². The predicted octanol–water partition coefficient (Wildman–Crippen LogP) is 1.31. The number of aromatic nitrogens is 2. The largest absolute Gasteiger partial charge is 0.384 e. The second-order valence-corrected chi connectivity index (χ2v) is 4.07. The predicted molar refractivity (Wildman–Crippen MR) is 49.2 cm³/mol. The van der Waals surface area contributed by atoms with Gasteiger partial charge in [-0.05, 0) is 13.3 Å². The van der Waals surface area contributed by atoms with Crippen molar-refractivity contribution < 1.29 is 4.39 Å². The molecule has 0 aliphatic heterocycles. The molecular weight excluding hydrogens is 169 g/mol. The number of nitrogens with zero attached hydrogens (tertiary/aromatic N) is 2. The quantitative estimate of drug-likeness (QED) is 0.713. The molecule has 2 atom stereocenters. The Kier molecular flexibility index (Phi) is 1.47. The topological polar surface area (TPSA) is 43.8 Å². The Morgan fingerprint density at radius 2 is 2.23 bits per heavy atom. The molecule has 1 aromatic rings. The van der Waals surface area contributed by atoms with Gasteiger partial charge in [-0.3, -0.25) is 4.68 Å². The van der Waals surface area contributed by atoms with Crippen LogP contribution < -0.4 is 5.73 Å². The average molecular weight is 183 g/mol. The smallest absolute Gasteiger partial charge is 0.124 e. The highest BCUT2D eigenvalue weighted by molar-refractivity contribution is 5.47. The van der Waals surface area contributed by atoms with Crippen LogP contribution in [0.1, 0.15) is 24.6 Å². The maximum absolute atomic E-state index is 13.1. The fourth-order valence-corrected chi connectivity index (χ4v) is 1.74. The molecule has 0 radical (unpaired) electrons. The monoisotopic (exact) mass is 183 g/mol. The third kappa shape index (κ3) is 0.975. The number of aryl methyl sites for hydroxylation is 1. The second kappa shape index (κ2) is 2.25. The van der Waals surface area contributed by atoms with Crippen molar-refractivity contribution in [2.24, 2.45) is 7.05 Å². The summed E-state index contributed by atoms with van der Waals surface area (Å²) in [6.07, 6.45) is -0.176. The van der Waals surface area contributed by atoms with Crippen molar-refractivity contribution in [3.8, 4) is 0 Å². The Morgan fingerprint density at radius 1 is 1.69 bits per heavy atom. The van der Waals surface area contributed by atoms with Crippen molar-refractivity contribution >= 4 is 5.82 Å². The zero-order valence-electron chi connectivity index (χ0n) is 8.13. The maximum Gasteiger partial charge on any atom is 0.124 e. The molecule has 1 fully saturated rings. The van der Waals surface area contributed by atoms with Crippen molar-refractivity contribution in [1.82, 2.24) is 9.78 Å². The van der Waals surface area contributed by atoms with Crippen molar-refractivity contribution in [2.45, 2.75) is 31.9 Å². The summed E-state index contributed by atoms with van der Waals surface area (Å²) in [5.74, 6) is 0.635. The molecule has 2 unspecified atom stereocenters. The van der Waals surface area contributed by atoms with Gasteiger partial charge in [0.1, 0.15) is 12.0 Å². The Balaban J connectivity index is 2.48. The maximum atomic E-state index is 13.1. The van der Waals surface area contributed by atoms with Gasteiger partial charge < -0.3 is 5.73 Å². The summed E-state index contributed by atoms with van der Waals surface area (Å²) in [7, 11) is 1.78. The fourth-order valence-electron chi connectivity index (χ4n) is 1.74. The van der Waals surface area contributed by atoms with Crippen LogP contribution in [0.4, 0.5) is 10.2 Å². The summed E-state index contributed by atoms with van der Waals surface area (Å²) in [6, 6.07) is 0. The van der Waals surface area contributed by atoms with Gasteiger partial charge in [-0.2, -0.15) is 5.10 Å². The molecule has 72 valence electrons. The molecule has 1 saturated carbocycles. The standard InChI is InChI=1S/C9H14FN3/c1-5-7(9(2)4-6(9)10)12-13(3)8(5)11/h6H,4,11H2,1-3H3. The number of hydrogen-bond donors (Lipinski definition) is 1. The van der Waals surface area contributed by atoms with Gasteiger partial charge in [0.15, 0.2) is 0 Å². The zero-order valence-corrected chi connectivity index (χ0v) is 8.13. The molecular formula is C9H14FN3. The summed E-state index contributed by atoms with van der Waals surface area (Å²) in [5.41, 5.74) is 7.12. The minimum atomic E-state index is -0.750. The summed E-state index contributed by atoms with van der Waals surface area (Å²) in [4.78, 5) is 0. The van der Waals surface area contributed by atoms with Crippen LogP contribution in [0.5, 0.6) is 0 Å². The Morgan fingerprint density at radius 3 is 2.54 bits per heavy atom. The molecule has 0 saturated heterocycles. The van der Waals surface area contributed by atoms with Gasteiger partial charge in [-0.15, -0.1) is 0 Å². The number of nitrogens with two attached hydrogens (primary N) is 1. The van der Waals surface area contributed by atoms with Crippen LogP contribution in [0.25, 0.3) is 0 Å². The van der Waals surface area contributed by atoms with Crippen molar-refractivity contribution in [2.75, 3.05) is 5.73 Å². The molecule has 2 rings (SSSR count). The highest BCUT2D eigenvalue weighted by Gasteiger charge is 2.55. The summed E-state index contributed by atoms with van der Waals surface area (Å²) >= 11 is 0. The van der Waals surface area contributed by atoms with Crippen LogP contribution in [0.2, 0.25) is 0 Å². The molecule has 0 amide bonds. The van der Waals surface area contributed by atoms with E-state index >= 15 is 0 Å². The lowest BCUT2D eigenvalue weighted by Crippen LogP contribution is -2.07. The molecule has 13 heavy (non-hydrogen) atoms. The van der Waals surface area contributed by atoms with Gasteiger partial charge in [-0.1, -0.05) is 6.92 Å². The molecule has 0 spiro atoms. The molecule has 1 heterocycles. The van der Waals surface area contributed by atoms with E-state index in [2.05, 4.69) is 5.10 Å². The molecule has 2 N–H and O–H groups in total. The normalized spacial score (nSPS) is 32.2. The number of anilines is 1. The van der Waals surface area contributed by atoms with Crippen LogP contribution in [-0.2, 0) is 12.5 Å². The van der Waals surface area contributed by atoms with Crippen LogP contribution >= 0.6 is 0 Å². The molecule has 0 bridgehead atoms. The first kappa shape index (κ1) is 8.53. The van der Waals surface area contributed by atoms with Gasteiger partial charge in [0.25, 0.3) is 0 Å². The van der Waals surface area contributed by atoms with Crippen LogP contribution in [0.15, 0.2) is 0 Å². The van der Waals surface area contributed by atoms with E-state index in [4.69, 9.17) is 5.73 Å². The van der Waals surface area contributed by atoms with E-state index in [1.165, 1.54) is 0 Å². The van der Waals surface area contributed by atoms with Gasteiger partial charge in [-0.25, -0.2) is 4.39 Å². The van der Waals surface area contributed by atoms with Gasteiger partial charge in [0.05, 0.1) is 5.69 Å². The van der Waals surface area contributed by atoms with E-state index in [0.717, 1.165) is 11.3 Å². The first-order valence-corrected chi connectivity index (χ1v) is 4.40. The molecule has 1 aliphatic rings. The number of rotatable bonds is 1. The summed E-state index contributed by atoms with van der Waals surface area (Å²) < 4.78 is 14.7. The van der Waals surface area contributed by atoms with E-state index in [1.54, 1.807) is 11.7 Å². The van der Waals surface area contributed by atoms with E-state index in [0.29, 0.717) is 12.2 Å². The van der Waals surface area contributed by atoms with Crippen LogP contribution in [-0.4, -0.2) is 16.0 Å². The second-order valence-electron chi connectivity index (χ2n) is 4.07. The lowest BCUT2D eigenvalue weighted by Gasteiger charge is -2.04. The minimum Gasteiger partial charge on any atom is -0.384 e. The third-order valence-corrected chi connectivity index (χ3v) is 3.01. The lowest BCUT2D eigenvalue weighted by atomic mass is 10.0. The van der Waals surface area contributed by atoms with Crippen molar-refractivity contribution in [1.29, 1.82) is 0 Å². The zero-order chi connectivity index (χ0) is 9.80. The molecule has 4 heteroatoms. The molecule has 3 nitrogen and oxygen atoms in total. The lowest BCUT2D eigenvalue weighted by molar-refractivity contribution is 0.426. The SMILES string of the molecule is Cc1c(C2(C)CC2F)nn(C)c1N. The van der Waals surface area contributed by atoms with E-state index in [9.17, 15) is 4.39 Å². The molecule has 1 aromatic heterocycles. The number of hydrogen-bond acceptors (Lipinski definition) is 2. The average Bonchev–Trinajstić information content (AvgIpc) is 2.59. The van der Waals surface area contributed by atoms with Crippen LogP contribution in [0.3, 0.4) is 0 Å². The minimum absolute atomic E-state index is 0.376. The summed E-state index contributed by atoms with van der Waals surface area (Å²) in [5, 5.41) is 4.25. The fraction of sp³-hybridized carbons (Fsp3) is 0.667. The number of nitrogen functional groups attached to an aromatic ring is 1. The highest BCUT2D eigenvalue weighted by Crippen LogP contribution is 2.51. The molecule has 0 aromatic carbocycles. The first-order valence-electron chi connectivity index (χ1n) is 4.40. The van der Waals surface area contributed by atoms with E-state index in [1.807, 2.05) is 13.8 Å². The molecule has 1 aliphatic carbocycles. The van der Waals surface area contributed by atoms with E-state index in [-0.39, 0.29) is 5.41 Å². The first-order chi connectivity index (χ1) is 5.97.